The monoisotopic (exact) mass is 703 g/mol. The molecule has 0 radical (unpaired) electrons. The molecule has 3 heteroatoms. The lowest BCUT2D eigenvalue weighted by atomic mass is 9.98. The highest BCUT2D eigenvalue weighted by atomic mass is 16.3. The fraction of sp³-hybridized carbons (Fsp3) is 0. The van der Waals surface area contributed by atoms with E-state index in [1.54, 1.807) is 0 Å². The second kappa shape index (κ2) is 12.6. The number of rotatable bonds is 6. The van der Waals surface area contributed by atoms with Crippen LogP contribution in [0.5, 0.6) is 0 Å². The van der Waals surface area contributed by atoms with Gasteiger partial charge in [-0.25, -0.2) is 0 Å². The largest absolute Gasteiger partial charge is 0.456 e. The summed E-state index contributed by atoms with van der Waals surface area (Å²) in [6, 6.07) is 71.1. The molecule has 0 unspecified atom stereocenters. The number of nitrogens with zero attached hydrogens (tertiary/aromatic N) is 1. The van der Waals surface area contributed by atoms with Crippen molar-refractivity contribution >= 4 is 71.7 Å². The zero-order valence-corrected chi connectivity index (χ0v) is 29.8. The number of hydrogen-bond donors (Lipinski definition) is 0. The third-order valence-corrected chi connectivity index (χ3v) is 10.9. The molecule has 9 aromatic carbocycles. The van der Waals surface area contributed by atoms with Crippen molar-refractivity contribution in [1.29, 1.82) is 0 Å². The van der Waals surface area contributed by atoms with E-state index in [1.807, 2.05) is 24.3 Å². The Kier molecular flexibility index (Phi) is 7.17. The molecule has 0 saturated heterocycles. The summed E-state index contributed by atoms with van der Waals surface area (Å²) in [5.41, 5.74) is 13.7. The standard InChI is InChI=1S/C52H33NO2/c1-2-11-37-32-38(23-22-34(37)10-1)35-24-28-40(29-25-35)53(41-30-26-36(27-31-41)43-16-8-20-49-51(43)45-14-3-5-18-47(45)54-49)42-13-7-12-39(33-42)44-17-9-21-50-52(44)46-15-4-6-19-48(46)55-50/h1-33H. The summed E-state index contributed by atoms with van der Waals surface area (Å²) in [5, 5.41) is 7.00. The van der Waals surface area contributed by atoms with E-state index in [4.69, 9.17) is 8.83 Å². The molecule has 0 N–H and O–H groups in total. The summed E-state index contributed by atoms with van der Waals surface area (Å²) in [6.07, 6.45) is 0. The van der Waals surface area contributed by atoms with Crippen LogP contribution in [-0.2, 0) is 0 Å². The molecule has 0 aliphatic heterocycles. The maximum Gasteiger partial charge on any atom is 0.136 e. The Hall–Kier alpha value is -7.36. The molecule has 11 aromatic rings. The molecule has 258 valence electrons. The second-order valence-electron chi connectivity index (χ2n) is 14.1. The first kappa shape index (κ1) is 31.2. The van der Waals surface area contributed by atoms with Gasteiger partial charge in [-0.15, -0.1) is 0 Å². The van der Waals surface area contributed by atoms with E-state index in [0.717, 1.165) is 83.2 Å². The van der Waals surface area contributed by atoms with E-state index in [1.165, 1.54) is 21.9 Å². The maximum absolute atomic E-state index is 6.28. The van der Waals surface area contributed by atoms with Crippen LogP contribution in [0.25, 0.3) is 88.0 Å². The number of benzene rings is 9. The molecule has 0 atom stereocenters. The zero-order valence-electron chi connectivity index (χ0n) is 29.8. The van der Waals surface area contributed by atoms with Gasteiger partial charge in [0.2, 0.25) is 0 Å². The summed E-state index contributed by atoms with van der Waals surface area (Å²) in [6.45, 7) is 0. The summed E-state index contributed by atoms with van der Waals surface area (Å²) >= 11 is 0. The molecular formula is C52H33NO2. The molecule has 55 heavy (non-hydrogen) atoms. The molecule has 0 saturated carbocycles. The van der Waals surface area contributed by atoms with Crippen molar-refractivity contribution in [3.8, 4) is 33.4 Å². The molecule has 2 heterocycles. The average molecular weight is 704 g/mol. The molecular weight excluding hydrogens is 671 g/mol. The van der Waals surface area contributed by atoms with Crippen LogP contribution in [0.15, 0.2) is 209 Å². The summed E-state index contributed by atoms with van der Waals surface area (Å²) in [7, 11) is 0. The summed E-state index contributed by atoms with van der Waals surface area (Å²) in [5.74, 6) is 0. The third-order valence-electron chi connectivity index (χ3n) is 10.9. The molecule has 3 nitrogen and oxygen atoms in total. The first-order chi connectivity index (χ1) is 27.2. The molecule has 0 amide bonds. The lowest BCUT2D eigenvalue weighted by Gasteiger charge is -2.26. The predicted molar refractivity (Wildman–Crippen MR) is 229 cm³/mol. The fourth-order valence-corrected chi connectivity index (χ4v) is 8.25. The van der Waals surface area contributed by atoms with Gasteiger partial charge in [0.05, 0.1) is 0 Å². The van der Waals surface area contributed by atoms with Gasteiger partial charge in [0.1, 0.15) is 22.3 Å². The van der Waals surface area contributed by atoms with Crippen LogP contribution in [0.3, 0.4) is 0 Å². The van der Waals surface area contributed by atoms with Gasteiger partial charge in [-0.05, 0) is 111 Å². The van der Waals surface area contributed by atoms with Crippen LogP contribution in [0.1, 0.15) is 0 Å². The Labute approximate surface area is 317 Å². The van der Waals surface area contributed by atoms with Gasteiger partial charge in [0.15, 0.2) is 0 Å². The summed E-state index contributed by atoms with van der Waals surface area (Å²) in [4.78, 5) is 2.35. The Balaban J connectivity index is 1.04. The minimum atomic E-state index is 0.890. The highest BCUT2D eigenvalue weighted by Crippen LogP contribution is 2.42. The van der Waals surface area contributed by atoms with Crippen LogP contribution in [-0.4, -0.2) is 0 Å². The normalized spacial score (nSPS) is 11.6. The van der Waals surface area contributed by atoms with Crippen molar-refractivity contribution < 1.29 is 8.83 Å². The van der Waals surface area contributed by atoms with Gasteiger partial charge in [0, 0.05) is 38.6 Å². The maximum atomic E-state index is 6.28. The van der Waals surface area contributed by atoms with E-state index < -0.39 is 0 Å². The summed E-state index contributed by atoms with van der Waals surface area (Å²) < 4.78 is 12.5. The van der Waals surface area contributed by atoms with E-state index in [0.29, 0.717) is 0 Å². The first-order valence-electron chi connectivity index (χ1n) is 18.7. The van der Waals surface area contributed by atoms with Crippen molar-refractivity contribution in [1.82, 2.24) is 0 Å². The van der Waals surface area contributed by atoms with Crippen molar-refractivity contribution in [3.05, 3.63) is 200 Å². The van der Waals surface area contributed by atoms with Crippen LogP contribution in [0.2, 0.25) is 0 Å². The lowest BCUT2D eigenvalue weighted by Crippen LogP contribution is -2.10. The van der Waals surface area contributed by atoms with Gasteiger partial charge < -0.3 is 13.7 Å². The van der Waals surface area contributed by atoms with E-state index in [2.05, 4.69) is 181 Å². The van der Waals surface area contributed by atoms with Crippen molar-refractivity contribution in [2.75, 3.05) is 4.90 Å². The predicted octanol–water partition coefficient (Wildman–Crippen LogP) is 15.1. The van der Waals surface area contributed by atoms with E-state index >= 15 is 0 Å². The first-order valence-corrected chi connectivity index (χ1v) is 18.7. The van der Waals surface area contributed by atoms with Crippen molar-refractivity contribution in [2.24, 2.45) is 0 Å². The minimum Gasteiger partial charge on any atom is -0.456 e. The third kappa shape index (κ3) is 5.28. The van der Waals surface area contributed by atoms with E-state index in [9.17, 15) is 0 Å². The molecule has 0 fully saturated rings. The van der Waals surface area contributed by atoms with Gasteiger partial charge in [0.25, 0.3) is 0 Å². The van der Waals surface area contributed by atoms with Crippen molar-refractivity contribution in [2.45, 2.75) is 0 Å². The molecule has 11 rings (SSSR count). The van der Waals surface area contributed by atoms with Gasteiger partial charge >= 0.3 is 0 Å². The quantitative estimate of drug-likeness (QED) is 0.173. The smallest absolute Gasteiger partial charge is 0.136 e. The fourth-order valence-electron chi connectivity index (χ4n) is 8.25. The topological polar surface area (TPSA) is 29.5 Å². The van der Waals surface area contributed by atoms with Gasteiger partial charge in [-0.1, -0.05) is 133 Å². The molecule has 0 bridgehead atoms. The SMILES string of the molecule is c1cc(-c2cccc3oc4ccccc4c23)cc(N(c2ccc(-c3ccc4ccccc4c3)cc2)c2ccc(-c3cccc4oc5ccccc5c34)cc2)c1. The number of fused-ring (bicyclic) bond motifs is 7. The van der Waals surface area contributed by atoms with Crippen LogP contribution in [0.4, 0.5) is 17.1 Å². The highest BCUT2D eigenvalue weighted by molar-refractivity contribution is 6.13. The molecule has 0 aliphatic carbocycles. The second-order valence-corrected chi connectivity index (χ2v) is 14.1. The average Bonchev–Trinajstić information content (AvgIpc) is 3.83. The van der Waals surface area contributed by atoms with E-state index in [-0.39, 0.29) is 0 Å². The number of para-hydroxylation sites is 2. The Morgan fingerprint density at radius 1 is 0.291 bits per heavy atom. The Morgan fingerprint density at radius 2 is 0.800 bits per heavy atom. The Morgan fingerprint density at radius 3 is 1.45 bits per heavy atom. The molecule has 2 aromatic heterocycles. The number of furan rings is 2. The number of anilines is 3. The number of hydrogen-bond acceptors (Lipinski definition) is 3. The lowest BCUT2D eigenvalue weighted by molar-refractivity contribution is 0.668. The van der Waals surface area contributed by atoms with Crippen molar-refractivity contribution in [3.63, 3.8) is 0 Å². The Bertz CT molecular complexity index is 3200. The van der Waals surface area contributed by atoms with Crippen LogP contribution in [0, 0.1) is 0 Å². The highest BCUT2D eigenvalue weighted by Gasteiger charge is 2.18. The minimum absolute atomic E-state index is 0.890. The van der Waals surface area contributed by atoms with Gasteiger partial charge in [-0.3, -0.25) is 0 Å². The zero-order chi connectivity index (χ0) is 36.3. The van der Waals surface area contributed by atoms with Crippen LogP contribution >= 0.6 is 0 Å². The molecule has 0 aliphatic rings. The van der Waals surface area contributed by atoms with Crippen LogP contribution < -0.4 is 4.90 Å². The van der Waals surface area contributed by atoms with Gasteiger partial charge in [-0.2, -0.15) is 0 Å². The molecule has 0 spiro atoms.